The van der Waals surface area contributed by atoms with Crippen LogP contribution in [0.15, 0.2) is 48.5 Å². The van der Waals surface area contributed by atoms with Gasteiger partial charge in [0.25, 0.3) is 5.91 Å². The van der Waals surface area contributed by atoms with Crippen molar-refractivity contribution in [2.24, 2.45) is 0 Å². The van der Waals surface area contributed by atoms with Gasteiger partial charge in [-0.1, -0.05) is 24.3 Å². The van der Waals surface area contributed by atoms with Crippen LogP contribution < -0.4 is 15.4 Å². The third-order valence-corrected chi connectivity index (χ3v) is 6.64. The smallest absolute Gasteiger partial charge is 0.410 e. The lowest BCUT2D eigenvalue weighted by molar-refractivity contribution is -0.114. The lowest BCUT2D eigenvalue weighted by atomic mass is 10.0. The minimum atomic E-state index is -0.484. The highest BCUT2D eigenvalue weighted by Gasteiger charge is 2.16. The van der Waals surface area contributed by atoms with Gasteiger partial charge in [0.05, 0.1) is 5.69 Å². The predicted molar refractivity (Wildman–Crippen MR) is 151 cm³/mol. The van der Waals surface area contributed by atoms with E-state index < -0.39 is 6.09 Å². The van der Waals surface area contributed by atoms with Crippen molar-refractivity contribution in [3.8, 4) is 5.75 Å². The summed E-state index contributed by atoms with van der Waals surface area (Å²) in [5, 5.41) is 6.18. The summed E-state index contributed by atoms with van der Waals surface area (Å²) in [7, 11) is 3.48. The number of aromatic nitrogens is 1. The molecule has 1 heterocycles. The van der Waals surface area contributed by atoms with E-state index in [9.17, 15) is 14.4 Å². The van der Waals surface area contributed by atoms with Crippen molar-refractivity contribution in [1.29, 1.82) is 0 Å². The Morgan fingerprint density at radius 1 is 0.895 bits per heavy atom. The van der Waals surface area contributed by atoms with E-state index in [2.05, 4.69) is 15.6 Å². The SMILES string of the molecule is CC(=O)Nc1nc(CCc2ccc(OC(=O)NC(C)(C)C)cc2)c(CCc2ccc(C(=O)N(C)C)cc2)s1. The fourth-order valence-electron chi connectivity index (χ4n) is 3.73. The van der Waals surface area contributed by atoms with Gasteiger partial charge in [-0.15, -0.1) is 11.3 Å². The van der Waals surface area contributed by atoms with Gasteiger partial charge in [-0.25, -0.2) is 9.78 Å². The number of carbonyl (C=O) groups excluding carboxylic acids is 3. The summed E-state index contributed by atoms with van der Waals surface area (Å²) < 4.78 is 5.35. The first-order valence-electron chi connectivity index (χ1n) is 12.6. The third-order valence-electron chi connectivity index (χ3n) is 5.57. The Balaban J connectivity index is 1.64. The minimum Gasteiger partial charge on any atom is -0.410 e. The molecule has 0 saturated carbocycles. The van der Waals surface area contributed by atoms with Crippen molar-refractivity contribution in [2.75, 3.05) is 19.4 Å². The largest absolute Gasteiger partial charge is 0.413 e. The third kappa shape index (κ3) is 8.99. The maximum Gasteiger partial charge on any atom is 0.413 e. The van der Waals surface area contributed by atoms with Gasteiger partial charge in [0.2, 0.25) is 5.91 Å². The number of rotatable bonds is 9. The van der Waals surface area contributed by atoms with Crippen LogP contribution in [0.1, 0.15) is 59.8 Å². The fraction of sp³-hybridized carbons (Fsp3) is 0.379. The lowest BCUT2D eigenvalue weighted by Gasteiger charge is -2.19. The molecule has 3 aromatic rings. The highest BCUT2D eigenvalue weighted by atomic mass is 32.1. The molecule has 202 valence electrons. The second-order valence-corrected chi connectivity index (χ2v) is 11.5. The van der Waals surface area contributed by atoms with Crippen LogP contribution in [0.2, 0.25) is 0 Å². The normalized spacial score (nSPS) is 11.1. The Labute approximate surface area is 228 Å². The summed E-state index contributed by atoms with van der Waals surface area (Å²) in [5.41, 5.74) is 3.48. The molecule has 0 fully saturated rings. The number of amides is 3. The molecule has 1 aromatic heterocycles. The molecule has 2 aromatic carbocycles. The molecule has 0 saturated heterocycles. The summed E-state index contributed by atoms with van der Waals surface area (Å²) in [6.07, 6.45) is 2.57. The van der Waals surface area contributed by atoms with E-state index in [1.165, 1.54) is 18.3 Å². The molecular weight excluding hydrogens is 500 g/mol. The van der Waals surface area contributed by atoms with Crippen molar-refractivity contribution in [1.82, 2.24) is 15.2 Å². The Bertz CT molecular complexity index is 1260. The molecule has 3 rings (SSSR count). The van der Waals surface area contributed by atoms with Crippen molar-refractivity contribution in [3.05, 3.63) is 75.8 Å². The molecule has 0 bridgehead atoms. The average Bonchev–Trinajstić information content (AvgIpc) is 3.21. The van der Waals surface area contributed by atoms with Crippen LogP contribution >= 0.6 is 11.3 Å². The van der Waals surface area contributed by atoms with E-state index in [1.807, 2.05) is 57.2 Å². The zero-order chi connectivity index (χ0) is 27.9. The van der Waals surface area contributed by atoms with Crippen LogP contribution in [0.5, 0.6) is 5.75 Å². The second-order valence-electron chi connectivity index (χ2n) is 10.4. The highest BCUT2D eigenvalue weighted by Crippen LogP contribution is 2.26. The van der Waals surface area contributed by atoms with Crippen LogP contribution in [0.4, 0.5) is 9.93 Å². The molecule has 0 spiro atoms. The summed E-state index contributed by atoms with van der Waals surface area (Å²) >= 11 is 1.50. The number of aryl methyl sites for hydroxylation is 4. The number of nitrogens with zero attached hydrogens (tertiary/aromatic N) is 2. The van der Waals surface area contributed by atoms with Crippen LogP contribution in [-0.2, 0) is 30.5 Å². The lowest BCUT2D eigenvalue weighted by Crippen LogP contribution is -2.42. The van der Waals surface area contributed by atoms with Crippen molar-refractivity contribution in [3.63, 3.8) is 0 Å². The number of carbonyl (C=O) groups is 3. The molecule has 0 radical (unpaired) electrons. The number of ether oxygens (including phenoxy) is 1. The molecule has 0 unspecified atom stereocenters. The van der Waals surface area contributed by atoms with Crippen molar-refractivity contribution in [2.45, 2.75) is 58.9 Å². The van der Waals surface area contributed by atoms with Crippen molar-refractivity contribution >= 4 is 34.4 Å². The molecule has 0 aliphatic rings. The number of anilines is 1. The Hall–Kier alpha value is -3.72. The molecule has 3 amide bonds. The molecular formula is C29H36N4O4S. The first-order chi connectivity index (χ1) is 17.9. The molecule has 0 atom stereocenters. The summed E-state index contributed by atoms with van der Waals surface area (Å²) in [4.78, 5) is 43.1. The van der Waals surface area contributed by atoms with Gasteiger partial charge < -0.3 is 20.3 Å². The maximum atomic E-state index is 12.1. The zero-order valence-corrected chi connectivity index (χ0v) is 23.7. The van der Waals surface area contributed by atoms with Crippen LogP contribution in [0, 0.1) is 0 Å². The summed E-state index contributed by atoms with van der Waals surface area (Å²) in [5.74, 6) is 0.314. The van der Waals surface area contributed by atoms with Gasteiger partial charge in [0.1, 0.15) is 5.75 Å². The average molecular weight is 537 g/mol. The Morgan fingerprint density at radius 2 is 1.47 bits per heavy atom. The number of nitrogens with one attached hydrogen (secondary N) is 2. The summed E-state index contributed by atoms with van der Waals surface area (Å²) in [6, 6.07) is 15.1. The topological polar surface area (TPSA) is 101 Å². The molecule has 2 N–H and O–H groups in total. The number of hydrogen-bond donors (Lipinski definition) is 2. The van der Waals surface area contributed by atoms with Crippen LogP contribution in [0.25, 0.3) is 0 Å². The van der Waals surface area contributed by atoms with Gasteiger partial charge >= 0.3 is 6.09 Å². The second kappa shape index (κ2) is 12.7. The summed E-state index contributed by atoms with van der Waals surface area (Å²) in [6.45, 7) is 7.16. The predicted octanol–water partition coefficient (Wildman–Crippen LogP) is 5.26. The van der Waals surface area contributed by atoms with E-state index in [1.54, 1.807) is 31.1 Å². The van der Waals surface area contributed by atoms with E-state index in [0.29, 0.717) is 22.9 Å². The minimum absolute atomic E-state index is 0.0194. The van der Waals surface area contributed by atoms with Gasteiger partial charge in [-0.3, -0.25) is 9.59 Å². The van der Waals surface area contributed by atoms with Crippen molar-refractivity contribution < 1.29 is 19.1 Å². The highest BCUT2D eigenvalue weighted by molar-refractivity contribution is 7.15. The fourth-order valence-corrected chi connectivity index (χ4v) is 4.79. The Morgan fingerprint density at radius 3 is 2.03 bits per heavy atom. The molecule has 8 nitrogen and oxygen atoms in total. The van der Waals surface area contributed by atoms with Gasteiger partial charge in [0, 0.05) is 37.0 Å². The Kier molecular flexibility index (Phi) is 9.63. The number of thiazole rings is 1. The first kappa shape index (κ1) is 28.8. The molecule has 9 heteroatoms. The van der Waals surface area contributed by atoms with Crippen LogP contribution in [0.3, 0.4) is 0 Å². The zero-order valence-electron chi connectivity index (χ0n) is 22.9. The quantitative estimate of drug-likeness (QED) is 0.389. The molecule has 0 aliphatic heterocycles. The number of hydrogen-bond acceptors (Lipinski definition) is 6. The maximum absolute atomic E-state index is 12.1. The van der Waals surface area contributed by atoms with Crippen LogP contribution in [-0.4, -0.2) is 47.4 Å². The molecule has 38 heavy (non-hydrogen) atoms. The standard InChI is InChI=1S/C29H36N4O4S/c1-19(34)30-27-31-24(17-11-21-9-15-23(16-10-21)37-28(36)32-29(2,3)4)25(38-27)18-12-20-7-13-22(14-8-20)26(35)33(5)6/h7-10,13-16H,11-12,17-18H2,1-6H3,(H,32,36)(H,30,31,34). The monoisotopic (exact) mass is 536 g/mol. The van der Waals surface area contributed by atoms with E-state index in [-0.39, 0.29) is 17.4 Å². The van der Waals surface area contributed by atoms with E-state index in [4.69, 9.17) is 4.74 Å². The molecule has 0 aliphatic carbocycles. The van der Waals surface area contributed by atoms with Gasteiger partial charge in [-0.2, -0.15) is 0 Å². The van der Waals surface area contributed by atoms with Gasteiger partial charge in [0.15, 0.2) is 5.13 Å². The van der Waals surface area contributed by atoms with E-state index >= 15 is 0 Å². The van der Waals surface area contributed by atoms with E-state index in [0.717, 1.165) is 41.0 Å². The number of benzene rings is 2. The van der Waals surface area contributed by atoms with Gasteiger partial charge in [-0.05, 0) is 81.8 Å². The first-order valence-corrected chi connectivity index (χ1v) is 13.4.